The van der Waals surface area contributed by atoms with Gasteiger partial charge in [-0.3, -0.25) is 14.9 Å². The zero-order valence-electron chi connectivity index (χ0n) is 13.1. The number of fused-ring (bicyclic) bond motifs is 12. The van der Waals surface area contributed by atoms with Crippen molar-refractivity contribution in [1.82, 2.24) is 5.32 Å². The summed E-state index contributed by atoms with van der Waals surface area (Å²) in [5, 5.41) is 3.43. The minimum absolute atomic E-state index is 0.0190. The molecular weight excluding hydrogens is 322 g/mol. The van der Waals surface area contributed by atoms with E-state index < -0.39 is 0 Å². The number of nitrogens with one attached hydrogen (secondary N) is 1. The lowest BCUT2D eigenvalue weighted by atomic mass is 9.60. The Kier molecular flexibility index (Phi) is 2.35. The van der Waals surface area contributed by atoms with Gasteiger partial charge in [-0.2, -0.15) is 0 Å². The number of amides is 2. The average molecular weight is 340 g/mol. The quantitative estimate of drug-likeness (QED) is 0.486. The second kappa shape index (κ2) is 4.13. The number of carbonyl (C=O) groups is 2. The van der Waals surface area contributed by atoms with Gasteiger partial charge in [0.05, 0.1) is 11.8 Å². The Morgan fingerprint density at radius 1 is 1.08 bits per heavy atom. The minimum Gasteiger partial charge on any atom is -0.296 e. The van der Waals surface area contributed by atoms with Crippen molar-refractivity contribution in [3.05, 3.63) is 47.0 Å². The fourth-order valence-electron chi connectivity index (χ4n) is 7.32. The van der Waals surface area contributed by atoms with Crippen LogP contribution in [0.25, 0.3) is 0 Å². The van der Waals surface area contributed by atoms with Crippen LogP contribution >= 0.6 is 11.6 Å². The van der Waals surface area contributed by atoms with Crippen molar-refractivity contribution in [2.75, 3.05) is 0 Å². The maximum atomic E-state index is 12.4. The topological polar surface area (TPSA) is 46.2 Å². The number of hydrogen-bond donors (Lipinski definition) is 1. The van der Waals surface area contributed by atoms with Crippen molar-refractivity contribution in [2.45, 2.75) is 18.3 Å². The van der Waals surface area contributed by atoms with Crippen LogP contribution in [0.2, 0.25) is 5.02 Å². The highest BCUT2D eigenvalue weighted by Gasteiger charge is 2.73. The highest BCUT2D eigenvalue weighted by Crippen LogP contribution is 2.73. The fourth-order valence-corrected chi connectivity index (χ4v) is 7.63. The summed E-state index contributed by atoms with van der Waals surface area (Å²) in [5.74, 6) is 2.00. The molecule has 1 N–H and O–H groups in total. The van der Waals surface area contributed by atoms with E-state index >= 15 is 0 Å². The number of rotatable bonds is 1. The Labute approximate surface area is 145 Å². The van der Waals surface area contributed by atoms with Gasteiger partial charge in [0.25, 0.3) is 0 Å². The third-order valence-electron chi connectivity index (χ3n) is 7.75. The third-order valence-corrected chi connectivity index (χ3v) is 8.08. The first kappa shape index (κ1) is 13.7. The van der Waals surface area contributed by atoms with Gasteiger partial charge in [-0.05, 0) is 54.1 Å². The third kappa shape index (κ3) is 1.31. The molecule has 3 saturated carbocycles. The second-order valence-corrected chi connectivity index (χ2v) is 8.73. The van der Waals surface area contributed by atoms with Crippen LogP contribution in [0.1, 0.15) is 18.4 Å². The molecule has 8 unspecified atom stereocenters. The predicted octanol–water partition coefficient (Wildman–Crippen LogP) is 2.94. The number of allylic oxidation sites excluding steroid dienone is 2. The summed E-state index contributed by atoms with van der Waals surface area (Å²) in [6.45, 7) is 0. The van der Waals surface area contributed by atoms with Crippen LogP contribution < -0.4 is 5.32 Å². The SMILES string of the molecule is O=C1NC(=O)C2C3CC(C12)C1C2C=CC(c4ccccc4Cl)(C2)C31. The van der Waals surface area contributed by atoms with Gasteiger partial charge in [-0.1, -0.05) is 42.0 Å². The van der Waals surface area contributed by atoms with Crippen molar-refractivity contribution >= 4 is 23.4 Å². The Morgan fingerprint density at radius 2 is 1.83 bits per heavy atom. The van der Waals surface area contributed by atoms with Gasteiger partial charge in [0.2, 0.25) is 11.8 Å². The van der Waals surface area contributed by atoms with Gasteiger partial charge < -0.3 is 0 Å². The Morgan fingerprint density at radius 3 is 2.62 bits per heavy atom. The Balaban J connectivity index is 1.52. The lowest BCUT2D eigenvalue weighted by Crippen LogP contribution is -2.43. The van der Waals surface area contributed by atoms with Gasteiger partial charge in [0.1, 0.15) is 0 Å². The van der Waals surface area contributed by atoms with E-state index in [0.29, 0.717) is 29.6 Å². The first-order valence-electron chi connectivity index (χ1n) is 8.91. The normalized spacial score (nSPS) is 49.6. The summed E-state index contributed by atoms with van der Waals surface area (Å²) in [7, 11) is 0. The first-order chi connectivity index (χ1) is 11.6. The molecule has 0 spiro atoms. The molecule has 4 aliphatic carbocycles. The van der Waals surface area contributed by atoms with Crippen molar-refractivity contribution in [1.29, 1.82) is 0 Å². The standard InChI is InChI=1S/C20H18ClNO2/c21-13-4-2-1-3-12(13)20-6-5-9(8-20)14-10-7-11(17(14)20)16-15(10)18(23)22-19(16)24/h1-6,9-11,14-17H,7-8H2,(H,22,23,24). The molecule has 4 fully saturated rings. The molecule has 1 aliphatic heterocycles. The monoisotopic (exact) mass is 339 g/mol. The summed E-state index contributed by atoms with van der Waals surface area (Å²) in [5.41, 5.74) is 1.18. The van der Waals surface area contributed by atoms with E-state index in [2.05, 4.69) is 29.6 Å². The van der Waals surface area contributed by atoms with Crippen molar-refractivity contribution in [3.8, 4) is 0 Å². The van der Waals surface area contributed by atoms with E-state index in [0.717, 1.165) is 17.9 Å². The molecule has 1 heterocycles. The molecule has 1 saturated heterocycles. The largest absolute Gasteiger partial charge is 0.296 e. The number of hydrogen-bond acceptors (Lipinski definition) is 2. The summed E-state index contributed by atoms with van der Waals surface area (Å²) >= 11 is 6.58. The van der Waals surface area contributed by atoms with Crippen LogP contribution in [0.15, 0.2) is 36.4 Å². The van der Waals surface area contributed by atoms with Crippen LogP contribution in [0.3, 0.4) is 0 Å². The number of halogens is 1. The molecule has 24 heavy (non-hydrogen) atoms. The lowest BCUT2D eigenvalue weighted by Gasteiger charge is -2.43. The Bertz CT molecular complexity index is 833. The summed E-state index contributed by atoms with van der Waals surface area (Å²) in [6, 6.07) is 8.17. The highest BCUT2D eigenvalue weighted by molar-refractivity contribution is 6.31. The predicted molar refractivity (Wildman–Crippen MR) is 89.1 cm³/mol. The summed E-state index contributed by atoms with van der Waals surface area (Å²) in [6.07, 6.45) is 6.85. The van der Waals surface area contributed by atoms with Crippen LogP contribution in [0.4, 0.5) is 0 Å². The molecule has 122 valence electrons. The number of imide groups is 1. The number of benzene rings is 1. The molecule has 6 rings (SSSR count). The van der Waals surface area contributed by atoms with E-state index in [1.165, 1.54) is 5.56 Å². The maximum Gasteiger partial charge on any atom is 0.230 e. The van der Waals surface area contributed by atoms with Crippen molar-refractivity contribution in [2.24, 2.45) is 41.4 Å². The van der Waals surface area contributed by atoms with E-state index in [4.69, 9.17) is 11.6 Å². The van der Waals surface area contributed by atoms with E-state index in [-0.39, 0.29) is 29.1 Å². The second-order valence-electron chi connectivity index (χ2n) is 8.32. The molecule has 5 aliphatic rings. The molecule has 0 radical (unpaired) electrons. The van der Waals surface area contributed by atoms with E-state index in [1.54, 1.807) is 0 Å². The van der Waals surface area contributed by atoms with E-state index in [9.17, 15) is 9.59 Å². The van der Waals surface area contributed by atoms with Crippen LogP contribution in [-0.2, 0) is 15.0 Å². The van der Waals surface area contributed by atoms with E-state index in [1.807, 2.05) is 12.1 Å². The molecule has 8 atom stereocenters. The molecule has 4 bridgehead atoms. The van der Waals surface area contributed by atoms with Crippen LogP contribution in [-0.4, -0.2) is 11.8 Å². The van der Waals surface area contributed by atoms with Gasteiger partial charge in [0.15, 0.2) is 0 Å². The van der Waals surface area contributed by atoms with Crippen LogP contribution in [0.5, 0.6) is 0 Å². The minimum atomic E-state index is -0.101. The van der Waals surface area contributed by atoms with Gasteiger partial charge in [-0.25, -0.2) is 0 Å². The van der Waals surface area contributed by atoms with Crippen LogP contribution in [0, 0.1) is 41.4 Å². The number of carbonyl (C=O) groups excluding carboxylic acids is 2. The fraction of sp³-hybridized carbons (Fsp3) is 0.500. The smallest absolute Gasteiger partial charge is 0.230 e. The molecule has 3 nitrogen and oxygen atoms in total. The lowest BCUT2D eigenvalue weighted by molar-refractivity contribution is -0.127. The van der Waals surface area contributed by atoms with Gasteiger partial charge >= 0.3 is 0 Å². The van der Waals surface area contributed by atoms with Crippen molar-refractivity contribution in [3.63, 3.8) is 0 Å². The van der Waals surface area contributed by atoms with Gasteiger partial charge in [0, 0.05) is 10.4 Å². The highest BCUT2D eigenvalue weighted by atomic mass is 35.5. The summed E-state index contributed by atoms with van der Waals surface area (Å²) in [4.78, 5) is 24.7. The zero-order valence-corrected chi connectivity index (χ0v) is 13.9. The first-order valence-corrected chi connectivity index (χ1v) is 9.29. The maximum absolute atomic E-state index is 12.4. The molecule has 0 aromatic heterocycles. The molecule has 4 heteroatoms. The average Bonchev–Trinajstić information content (AvgIpc) is 3.33. The Hall–Kier alpha value is -1.61. The van der Waals surface area contributed by atoms with Gasteiger partial charge in [-0.15, -0.1) is 0 Å². The van der Waals surface area contributed by atoms with Crippen molar-refractivity contribution < 1.29 is 9.59 Å². The molecule has 2 amide bonds. The summed E-state index contributed by atoms with van der Waals surface area (Å²) < 4.78 is 0. The molecular formula is C20H18ClNO2. The molecule has 1 aromatic carbocycles. The zero-order chi connectivity index (χ0) is 16.2. The molecule has 1 aromatic rings.